The van der Waals surface area contributed by atoms with Gasteiger partial charge in [-0.05, 0) is 62.3 Å². The summed E-state index contributed by atoms with van der Waals surface area (Å²) in [4.78, 5) is 33.6. The van der Waals surface area contributed by atoms with Crippen LogP contribution in [0.25, 0.3) is 5.76 Å². The summed E-state index contributed by atoms with van der Waals surface area (Å²) in [6.45, 7) is 7.52. The van der Waals surface area contributed by atoms with Gasteiger partial charge in [-0.25, -0.2) is 0 Å². The molecule has 7 heteroatoms. The maximum absolute atomic E-state index is 13.0. The zero-order valence-corrected chi connectivity index (χ0v) is 19.3. The fraction of sp³-hybridized carbons (Fsp3) is 0.400. The van der Waals surface area contributed by atoms with Crippen LogP contribution in [0.1, 0.15) is 36.6 Å². The van der Waals surface area contributed by atoms with Crippen LogP contribution in [0.2, 0.25) is 0 Å². The number of Topliss-reactive ketones (excluding diaryl/α,β-unsaturated/α-hetero) is 1. The zero-order valence-electron chi connectivity index (χ0n) is 19.3. The lowest BCUT2D eigenvalue weighted by atomic mass is 9.94. The van der Waals surface area contributed by atoms with Gasteiger partial charge >= 0.3 is 0 Å². The first-order valence-electron chi connectivity index (χ1n) is 10.8. The molecule has 170 valence electrons. The molecule has 1 aliphatic rings. The lowest BCUT2D eigenvalue weighted by molar-refractivity contribution is -0.140. The summed E-state index contributed by atoms with van der Waals surface area (Å²) in [6.07, 6.45) is 3.26. The Morgan fingerprint density at radius 2 is 2.00 bits per heavy atom. The Balaban J connectivity index is 2.06. The van der Waals surface area contributed by atoms with Crippen LogP contribution in [0.5, 0.6) is 5.75 Å². The zero-order chi connectivity index (χ0) is 23.4. The molecule has 1 saturated heterocycles. The van der Waals surface area contributed by atoms with Crippen LogP contribution in [0.4, 0.5) is 0 Å². The molecule has 1 amide bonds. The van der Waals surface area contributed by atoms with E-state index in [4.69, 9.17) is 4.74 Å². The van der Waals surface area contributed by atoms with E-state index < -0.39 is 17.7 Å². The van der Waals surface area contributed by atoms with Gasteiger partial charge in [0.2, 0.25) is 0 Å². The number of likely N-dealkylation sites (tertiary alicyclic amines) is 1. The highest BCUT2D eigenvalue weighted by Crippen LogP contribution is 2.39. The van der Waals surface area contributed by atoms with E-state index in [0.29, 0.717) is 42.5 Å². The number of likely N-dealkylation sites (N-methyl/N-ethyl adjacent to an activating group) is 1. The third kappa shape index (κ3) is 4.99. The normalized spacial score (nSPS) is 18.1. The molecule has 2 aromatic rings. The first-order chi connectivity index (χ1) is 15.2. The SMILES string of the molecule is Cc1cc(OCC(C)C)ccc1C(O)=C1C(=O)C(=O)N(CCN(C)C)[C@@H]1c1cccnc1. The summed E-state index contributed by atoms with van der Waals surface area (Å²) < 4.78 is 5.77. The number of hydrogen-bond donors (Lipinski definition) is 1. The number of aliphatic hydroxyl groups excluding tert-OH is 1. The van der Waals surface area contributed by atoms with Crippen LogP contribution in [-0.2, 0) is 9.59 Å². The largest absolute Gasteiger partial charge is 0.507 e. The van der Waals surface area contributed by atoms with Crippen molar-refractivity contribution in [3.05, 3.63) is 65.0 Å². The first kappa shape index (κ1) is 23.5. The van der Waals surface area contributed by atoms with Crippen LogP contribution >= 0.6 is 0 Å². The molecule has 1 fully saturated rings. The number of benzene rings is 1. The van der Waals surface area contributed by atoms with Gasteiger partial charge in [-0.3, -0.25) is 14.6 Å². The summed E-state index contributed by atoms with van der Waals surface area (Å²) in [7, 11) is 3.81. The van der Waals surface area contributed by atoms with Crippen LogP contribution in [0.15, 0.2) is 48.3 Å². The highest BCUT2D eigenvalue weighted by atomic mass is 16.5. The lowest BCUT2D eigenvalue weighted by Crippen LogP contribution is -2.35. The van der Waals surface area contributed by atoms with Gasteiger partial charge in [0.25, 0.3) is 11.7 Å². The predicted octanol–water partition coefficient (Wildman–Crippen LogP) is 3.41. The molecule has 1 aromatic heterocycles. The standard InChI is InChI=1S/C25H31N3O4/c1-16(2)15-32-19-8-9-20(17(3)13-19)23(29)21-22(18-7-6-10-26-14-18)28(12-11-27(4)5)25(31)24(21)30/h6-10,13-14,16,22,29H,11-12,15H2,1-5H3/t22-/m1/s1. The monoisotopic (exact) mass is 437 g/mol. The number of ketones is 1. The second kappa shape index (κ2) is 9.96. The van der Waals surface area contributed by atoms with Crippen molar-refractivity contribution in [3.8, 4) is 5.75 Å². The third-order valence-electron chi connectivity index (χ3n) is 5.36. The number of aliphatic hydroxyl groups is 1. The van der Waals surface area contributed by atoms with Crippen molar-refractivity contribution in [2.75, 3.05) is 33.8 Å². The topological polar surface area (TPSA) is 83.0 Å². The van der Waals surface area contributed by atoms with Crippen molar-refractivity contribution in [1.29, 1.82) is 0 Å². The molecular formula is C25H31N3O4. The van der Waals surface area contributed by atoms with Crippen molar-refractivity contribution in [3.63, 3.8) is 0 Å². The Bertz CT molecular complexity index is 1020. The van der Waals surface area contributed by atoms with Gasteiger partial charge in [-0.2, -0.15) is 0 Å². The number of carbonyl (C=O) groups excluding carboxylic acids is 2. The van der Waals surface area contributed by atoms with E-state index in [9.17, 15) is 14.7 Å². The number of amides is 1. The minimum Gasteiger partial charge on any atom is -0.507 e. The Morgan fingerprint density at radius 1 is 1.25 bits per heavy atom. The molecule has 0 unspecified atom stereocenters. The Hall–Kier alpha value is -3.19. The summed E-state index contributed by atoms with van der Waals surface area (Å²) >= 11 is 0. The second-order valence-electron chi connectivity index (χ2n) is 8.76. The minimum atomic E-state index is -0.695. The van der Waals surface area contributed by atoms with Crippen molar-refractivity contribution in [2.45, 2.75) is 26.8 Å². The quantitative estimate of drug-likeness (QED) is 0.387. The maximum Gasteiger partial charge on any atom is 0.295 e. The van der Waals surface area contributed by atoms with Gasteiger partial charge in [0.05, 0.1) is 18.2 Å². The number of hydrogen-bond acceptors (Lipinski definition) is 6. The molecule has 3 rings (SSSR count). The van der Waals surface area contributed by atoms with E-state index in [1.54, 1.807) is 30.6 Å². The van der Waals surface area contributed by atoms with E-state index in [1.165, 1.54) is 4.90 Å². The maximum atomic E-state index is 13.0. The number of rotatable bonds is 8. The van der Waals surface area contributed by atoms with Gasteiger partial charge in [0, 0.05) is 31.0 Å². The van der Waals surface area contributed by atoms with Crippen molar-refractivity contribution in [2.24, 2.45) is 5.92 Å². The molecule has 7 nitrogen and oxygen atoms in total. The average molecular weight is 438 g/mol. The smallest absolute Gasteiger partial charge is 0.295 e. The number of carbonyl (C=O) groups is 2. The number of aryl methyl sites for hydroxylation is 1. The Kier molecular flexibility index (Phi) is 7.30. The number of pyridine rings is 1. The number of nitrogens with zero attached hydrogens (tertiary/aromatic N) is 3. The molecule has 1 aromatic carbocycles. The van der Waals surface area contributed by atoms with E-state index in [1.807, 2.05) is 38.1 Å². The highest BCUT2D eigenvalue weighted by Gasteiger charge is 2.46. The van der Waals surface area contributed by atoms with E-state index >= 15 is 0 Å². The molecule has 32 heavy (non-hydrogen) atoms. The molecule has 0 spiro atoms. The van der Waals surface area contributed by atoms with Gasteiger partial charge in [-0.1, -0.05) is 19.9 Å². The third-order valence-corrected chi connectivity index (χ3v) is 5.36. The van der Waals surface area contributed by atoms with Crippen LogP contribution < -0.4 is 4.74 Å². The molecule has 0 aliphatic carbocycles. The van der Waals surface area contributed by atoms with Gasteiger partial charge < -0.3 is 19.6 Å². The van der Waals surface area contributed by atoms with Crippen LogP contribution in [0, 0.1) is 12.8 Å². The van der Waals surface area contributed by atoms with E-state index in [-0.39, 0.29) is 11.3 Å². The molecule has 0 bridgehead atoms. The van der Waals surface area contributed by atoms with Gasteiger partial charge in [0.15, 0.2) is 0 Å². The lowest BCUT2D eigenvalue weighted by Gasteiger charge is -2.26. The molecule has 1 N–H and O–H groups in total. The van der Waals surface area contributed by atoms with E-state index in [0.717, 1.165) is 5.56 Å². The molecule has 1 aliphatic heterocycles. The summed E-state index contributed by atoms with van der Waals surface area (Å²) in [6, 6.07) is 8.21. The number of aromatic nitrogens is 1. The molecule has 0 radical (unpaired) electrons. The Morgan fingerprint density at radius 3 is 2.59 bits per heavy atom. The Labute approximate surface area is 189 Å². The first-order valence-corrected chi connectivity index (χ1v) is 10.8. The molecule has 1 atom stereocenters. The van der Waals surface area contributed by atoms with Gasteiger partial charge in [-0.15, -0.1) is 0 Å². The van der Waals surface area contributed by atoms with Crippen LogP contribution in [0.3, 0.4) is 0 Å². The number of ether oxygens (including phenoxy) is 1. The summed E-state index contributed by atoms with van der Waals surface area (Å²) in [5.41, 5.74) is 2.02. The summed E-state index contributed by atoms with van der Waals surface area (Å²) in [5.74, 6) is -0.395. The predicted molar refractivity (Wildman–Crippen MR) is 123 cm³/mol. The van der Waals surface area contributed by atoms with Crippen molar-refractivity contribution >= 4 is 17.4 Å². The highest BCUT2D eigenvalue weighted by molar-refractivity contribution is 6.46. The van der Waals surface area contributed by atoms with Gasteiger partial charge in [0.1, 0.15) is 11.5 Å². The van der Waals surface area contributed by atoms with Crippen LogP contribution in [-0.4, -0.2) is 65.4 Å². The molecule has 2 heterocycles. The van der Waals surface area contributed by atoms with E-state index in [2.05, 4.69) is 18.8 Å². The summed E-state index contributed by atoms with van der Waals surface area (Å²) in [5, 5.41) is 11.2. The second-order valence-corrected chi connectivity index (χ2v) is 8.76. The molecule has 0 saturated carbocycles. The fourth-order valence-corrected chi connectivity index (χ4v) is 3.70. The van der Waals surface area contributed by atoms with Crippen molar-refractivity contribution < 1.29 is 19.4 Å². The fourth-order valence-electron chi connectivity index (χ4n) is 3.70. The molecular weight excluding hydrogens is 406 g/mol. The minimum absolute atomic E-state index is 0.0840. The van der Waals surface area contributed by atoms with Crippen molar-refractivity contribution in [1.82, 2.24) is 14.8 Å². The average Bonchev–Trinajstić information content (AvgIpc) is 3.01.